The molecule has 0 amide bonds. The molecule has 19 heavy (non-hydrogen) atoms. The van der Waals surface area contributed by atoms with Gasteiger partial charge in [-0.15, -0.1) is 0 Å². The van der Waals surface area contributed by atoms with Crippen molar-refractivity contribution in [3.8, 4) is 5.75 Å². The largest absolute Gasteiger partial charge is 0.495 e. The molecule has 1 rings (SSSR count). The van der Waals surface area contributed by atoms with Crippen LogP contribution >= 0.6 is 11.6 Å². The second kappa shape index (κ2) is 6.01. The van der Waals surface area contributed by atoms with Crippen molar-refractivity contribution in [3.05, 3.63) is 23.2 Å². The maximum atomic E-state index is 12.0. The molecule has 0 atom stereocenters. The molecule has 0 saturated heterocycles. The van der Waals surface area contributed by atoms with Crippen LogP contribution in [0.2, 0.25) is 5.02 Å². The molecule has 4 nitrogen and oxygen atoms in total. The number of nitrogens with one attached hydrogen (secondary N) is 1. The van der Waals surface area contributed by atoms with E-state index in [-0.39, 0.29) is 5.75 Å². The number of benzene rings is 1. The van der Waals surface area contributed by atoms with Gasteiger partial charge in [0.25, 0.3) is 0 Å². The number of hydrogen-bond donors (Lipinski definition) is 1. The average molecular weight is 306 g/mol. The second-order valence-corrected chi connectivity index (χ2v) is 8.50. The molecule has 0 aliphatic carbocycles. The Bertz CT molecular complexity index is 535. The normalized spacial score (nSPS) is 12.3. The lowest BCUT2D eigenvalue weighted by atomic mass is 10.3. The van der Waals surface area contributed by atoms with Crippen LogP contribution in [0.3, 0.4) is 0 Å². The summed E-state index contributed by atoms with van der Waals surface area (Å²) in [7, 11) is -1.58. The molecule has 0 saturated carbocycles. The van der Waals surface area contributed by atoms with E-state index in [4.69, 9.17) is 16.3 Å². The summed E-state index contributed by atoms with van der Waals surface area (Å²) in [6.07, 6.45) is 0. The Hall–Kier alpha value is -0.940. The Kier molecular flexibility index (Phi) is 5.10. The van der Waals surface area contributed by atoms with E-state index >= 15 is 0 Å². The third-order valence-electron chi connectivity index (χ3n) is 2.78. The summed E-state index contributed by atoms with van der Waals surface area (Å²) in [5.41, 5.74) is 0.694. The van der Waals surface area contributed by atoms with Gasteiger partial charge in [-0.2, -0.15) is 0 Å². The first-order valence-corrected chi connectivity index (χ1v) is 8.00. The van der Waals surface area contributed by atoms with Crippen LogP contribution in [0.1, 0.15) is 20.8 Å². The van der Waals surface area contributed by atoms with Gasteiger partial charge in [0, 0.05) is 11.6 Å². The molecule has 108 valence electrons. The van der Waals surface area contributed by atoms with Gasteiger partial charge in [-0.05, 0) is 39.0 Å². The van der Waals surface area contributed by atoms with Gasteiger partial charge in [0.1, 0.15) is 5.75 Å². The highest BCUT2D eigenvalue weighted by Gasteiger charge is 2.28. The first kappa shape index (κ1) is 16.1. The maximum absolute atomic E-state index is 12.0. The number of rotatable bonds is 5. The van der Waals surface area contributed by atoms with Crippen LogP contribution < -0.4 is 10.1 Å². The van der Waals surface area contributed by atoms with Gasteiger partial charge in [0.2, 0.25) is 0 Å². The fourth-order valence-electron chi connectivity index (χ4n) is 1.44. The molecule has 1 N–H and O–H groups in total. The van der Waals surface area contributed by atoms with Crippen LogP contribution in [0, 0.1) is 0 Å². The van der Waals surface area contributed by atoms with Crippen LogP contribution in [0.25, 0.3) is 0 Å². The summed E-state index contributed by atoms with van der Waals surface area (Å²) in [5, 5.41) is 3.62. The number of anilines is 1. The van der Waals surface area contributed by atoms with E-state index in [0.717, 1.165) is 0 Å². The smallest absolute Gasteiger partial charge is 0.156 e. The fourth-order valence-corrected chi connectivity index (χ4v) is 2.60. The van der Waals surface area contributed by atoms with Gasteiger partial charge in [0.15, 0.2) is 9.84 Å². The molecule has 0 unspecified atom stereocenters. The minimum Gasteiger partial charge on any atom is -0.495 e. The Morgan fingerprint density at radius 2 is 1.95 bits per heavy atom. The summed E-state index contributed by atoms with van der Waals surface area (Å²) < 4.78 is 28.4. The quantitative estimate of drug-likeness (QED) is 0.908. The fraction of sp³-hybridized carbons (Fsp3) is 0.538. The predicted octanol–water partition coefficient (Wildman–Crippen LogP) is 2.97. The summed E-state index contributed by atoms with van der Waals surface area (Å²) >= 11 is 5.90. The van der Waals surface area contributed by atoms with Gasteiger partial charge in [-0.1, -0.05) is 11.6 Å². The van der Waals surface area contributed by atoms with Crippen molar-refractivity contribution >= 4 is 27.1 Å². The van der Waals surface area contributed by atoms with Crippen molar-refractivity contribution < 1.29 is 13.2 Å². The summed E-state index contributed by atoms with van der Waals surface area (Å²) in [5.74, 6) is 0.698. The van der Waals surface area contributed by atoms with Crippen LogP contribution in [-0.2, 0) is 9.84 Å². The molecule has 0 fully saturated rings. The van der Waals surface area contributed by atoms with Crippen molar-refractivity contribution in [3.63, 3.8) is 0 Å². The van der Waals surface area contributed by atoms with Crippen molar-refractivity contribution in [1.82, 2.24) is 0 Å². The van der Waals surface area contributed by atoms with E-state index in [0.29, 0.717) is 23.0 Å². The van der Waals surface area contributed by atoms with E-state index in [1.54, 1.807) is 46.1 Å². The third kappa shape index (κ3) is 4.28. The molecule has 0 aromatic heterocycles. The van der Waals surface area contributed by atoms with Gasteiger partial charge in [-0.25, -0.2) is 8.42 Å². The standard InChI is InChI=1S/C13H20ClNO3S/c1-13(2,3)19(16,17)8-7-15-11-9-10(14)5-6-12(11)18-4/h5-6,9,15H,7-8H2,1-4H3. The van der Waals surface area contributed by atoms with E-state index in [1.165, 1.54) is 0 Å². The molecule has 0 spiro atoms. The summed E-state index contributed by atoms with van der Waals surface area (Å²) in [6.45, 7) is 5.41. The zero-order valence-corrected chi connectivity index (χ0v) is 13.2. The lowest BCUT2D eigenvalue weighted by Crippen LogP contribution is -2.32. The molecule has 0 radical (unpaired) electrons. The zero-order chi connectivity index (χ0) is 14.7. The number of ether oxygens (including phenoxy) is 1. The van der Waals surface area contributed by atoms with E-state index in [2.05, 4.69) is 5.32 Å². The van der Waals surface area contributed by atoms with Crippen molar-refractivity contribution in [2.24, 2.45) is 0 Å². The van der Waals surface area contributed by atoms with Gasteiger partial charge in [-0.3, -0.25) is 0 Å². The highest BCUT2D eigenvalue weighted by atomic mass is 35.5. The van der Waals surface area contributed by atoms with Crippen molar-refractivity contribution in [1.29, 1.82) is 0 Å². The minimum atomic E-state index is -3.13. The third-order valence-corrected chi connectivity index (χ3v) is 5.62. The first-order chi connectivity index (χ1) is 8.67. The number of hydrogen-bond acceptors (Lipinski definition) is 4. The van der Waals surface area contributed by atoms with E-state index in [1.807, 2.05) is 0 Å². The Morgan fingerprint density at radius 1 is 1.32 bits per heavy atom. The predicted molar refractivity (Wildman–Crippen MR) is 80.0 cm³/mol. The number of sulfone groups is 1. The van der Waals surface area contributed by atoms with Crippen LogP contribution in [0.15, 0.2) is 18.2 Å². The Balaban J connectivity index is 2.71. The molecule has 1 aromatic carbocycles. The summed E-state index contributed by atoms with van der Waals surface area (Å²) in [6, 6.07) is 5.17. The first-order valence-electron chi connectivity index (χ1n) is 5.97. The van der Waals surface area contributed by atoms with Crippen LogP contribution in [0.5, 0.6) is 5.75 Å². The van der Waals surface area contributed by atoms with Crippen molar-refractivity contribution in [2.45, 2.75) is 25.5 Å². The SMILES string of the molecule is COc1ccc(Cl)cc1NCCS(=O)(=O)C(C)(C)C. The molecule has 6 heteroatoms. The number of methoxy groups -OCH3 is 1. The topological polar surface area (TPSA) is 55.4 Å². The lowest BCUT2D eigenvalue weighted by molar-refractivity contribution is 0.416. The van der Waals surface area contributed by atoms with Gasteiger partial charge in [0.05, 0.1) is 23.3 Å². The Morgan fingerprint density at radius 3 is 2.47 bits per heavy atom. The molecule has 0 aliphatic rings. The molecular weight excluding hydrogens is 286 g/mol. The molecule has 0 bridgehead atoms. The molecule has 0 aliphatic heterocycles. The van der Waals surface area contributed by atoms with E-state index < -0.39 is 14.6 Å². The van der Waals surface area contributed by atoms with Crippen LogP contribution in [0.4, 0.5) is 5.69 Å². The minimum absolute atomic E-state index is 0.0617. The lowest BCUT2D eigenvalue weighted by Gasteiger charge is -2.19. The zero-order valence-electron chi connectivity index (χ0n) is 11.7. The monoisotopic (exact) mass is 305 g/mol. The maximum Gasteiger partial charge on any atom is 0.156 e. The van der Waals surface area contributed by atoms with Gasteiger partial charge < -0.3 is 10.1 Å². The van der Waals surface area contributed by atoms with Gasteiger partial charge >= 0.3 is 0 Å². The Labute approximate surface area is 120 Å². The van der Waals surface area contributed by atoms with Crippen LogP contribution in [-0.4, -0.2) is 32.6 Å². The van der Waals surface area contributed by atoms with Crippen molar-refractivity contribution in [2.75, 3.05) is 24.7 Å². The highest BCUT2D eigenvalue weighted by Crippen LogP contribution is 2.27. The number of halogens is 1. The molecule has 0 heterocycles. The van der Waals surface area contributed by atoms with E-state index in [9.17, 15) is 8.42 Å². The average Bonchev–Trinajstić information content (AvgIpc) is 2.27. The second-order valence-electron chi connectivity index (χ2n) is 5.20. The molecular formula is C13H20ClNO3S. The summed E-state index contributed by atoms with van der Waals surface area (Å²) in [4.78, 5) is 0. The highest BCUT2D eigenvalue weighted by molar-refractivity contribution is 7.92. The molecule has 1 aromatic rings.